The second kappa shape index (κ2) is 10.7. The molecule has 1 saturated heterocycles. The Hall–Kier alpha value is -4.97. The van der Waals surface area contributed by atoms with Crippen LogP contribution in [-0.2, 0) is 0 Å². The predicted molar refractivity (Wildman–Crippen MR) is 141 cm³/mol. The fourth-order valence-electron chi connectivity index (χ4n) is 4.46. The minimum Gasteiger partial charge on any atom is -0.338 e. The van der Waals surface area contributed by atoms with Gasteiger partial charge in [0.25, 0.3) is 5.91 Å². The van der Waals surface area contributed by atoms with Crippen LogP contribution in [0.5, 0.6) is 0 Å². The normalized spacial score (nSPS) is 15.8. The van der Waals surface area contributed by atoms with Gasteiger partial charge in [-0.05, 0) is 42.3 Å². The topological polar surface area (TPSA) is 102 Å². The van der Waals surface area contributed by atoms with E-state index in [0.717, 1.165) is 16.8 Å². The van der Waals surface area contributed by atoms with E-state index in [1.54, 1.807) is 35.4 Å². The number of nitrogens with one attached hydrogen (secondary N) is 1. The maximum Gasteiger partial charge on any atom is 0.256 e. The molecule has 1 aliphatic rings. The molecule has 0 saturated carbocycles. The fourth-order valence-corrected chi connectivity index (χ4v) is 4.46. The van der Waals surface area contributed by atoms with Gasteiger partial charge in [-0.1, -0.05) is 48.5 Å². The molecule has 3 heterocycles. The van der Waals surface area contributed by atoms with E-state index < -0.39 is 0 Å². The standard InChI is InChI=1S/C28H26N8O/c1-21-8-5-6-11-24(21)33-28(31-20-29)34-16-17-35(25(19-34)22-9-3-2-4-10-22)27(37)23-12-13-26(30-18-23)36-15-7-14-32-36/h2-15,18,25H,16-17,19H2,1H3,(H,31,33). The van der Waals surface area contributed by atoms with Crippen molar-refractivity contribution in [3.63, 3.8) is 0 Å². The van der Waals surface area contributed by atoms with Crippen LogP contribution in [0.4, 0.5) is 5.69 Å². The molecule has 0 radical (unpaired) electrons. The Morgan fingerprint density at radius 1 is 1.05 bits per heavy atom. The van der Waals surface area contributed by atoms with Crippen molar-refractivity contribution < 1.29 is 4.79 Å². The van der Waals surface area contributed by atoms with Crippen LogP contribution in [0.1, 0.15) is 27.5 Å². The lowest BCUT2D eigenvalue weighted by Crippen LogP contribution is -2.53. The fraction of sp³-hybridized carbons (Fsp3) is 0.179. The molecule has 2 aromatic heterocycles. The highest BCUT2D eigenvalue weighted by Gasteiger charge is 2.33. The van der Waals surface area contributed by atoms with Gasteiger partial charge in [0, 0.05) is 43.9 Å². The van der Waals surface area contributed by atoms with Crippen LogP contribution in [0.25, 0.3) is 5.82 Å². The summed E-state index contributed by atoms with van der Waals surface area (Å²) in [4.78, 5) is 26.1. The highest BCUT2D eigenvalue weighted by Crippen LogP contribution is 2.28. The average molecular weight is 491 g/mol. The van der Waals surface area contributed by atoms with E-state index in [-0.39, 0.29) is 11.9 Å². The number of guanidine groups is 1. The molecule has 1 amide bonds. The number of nitriles is 1. The van der Waals surface area contributed by atoms with Gasteiger partial charge in [-0.2, -0.15) is 10.4 Å². The number of hydrogen-bond acceptors (Lipinski definition) is 5. The van der Waals surface area contributed by atoms with Crippen molar-refractivity contribution in [3.05, 3.63) is 108 Å². The van der Waals surface area contributed by atoms with E-state index in [1.807, 2.05) is 83.6 Å². The summed E-state index contributed by atoms with van der Waals surface area (Å²) in [5.41, 5.74) is 3.45. The monoisotopic (exact) mass is 490 g/mol. The number of aryl methyl sites for hydroxylation is 1. The van der Waals surface area contributed by atoms with Crippen molar-refractivity contribution in [2.75, 3.05) is 25.0 Å². The molecule has 184 valence electrons. The van der Waals surface area contributed by atoms with E-state index in [4.69, 9.17) is 0 Å². The number of benzene rings is 2. The van der Waals surface area contributed by atoms with Crippen molar-refractivity contribution in [1.29, 1.82) is 5.26 Å². The van der Waals surface area contributed by atoms with Crippen LogP contribution in [-0.4, -0.2) is 56.1 Å². The number of aliphatic imine (C=N–C) groups is 1. The molecule has 9 heteroatoms. The van der Waals surface area contributed by atoms with Crippen molar-refractivity contribution in [1.82, 2.24) is 24.6 Å². The summed E-state index contributed by atoms with van der Waals surface area (Å²) < 4.78 is 1.65. The van der Waals surface area contributed by atoms with Crippen LogP contribution in [0.2, 0.25) is 0 Å². The zero-order chi connectivity index (χ0) is 25.6. The number of rotatable bonds is 4. The summed E-state index contributed by atoms with van der Waals surface area (Å²) in [6.07, 6.45) is 7.01. The molecule has 4 aromatic rings. The van der Waals surface area contributed by atoms with Crippen molar-refractivity contribution in [2.24, 2.45) is 4.99 Å². The van der Waals surface area contributed by atoms with Gasteiger partial charge >= 0.3 is 0 Å². The second-order valence-electron chi connectivity index (χ2n) is 8.70. The number of para-hydroxylation sites is 1. The predicted octanol–water partition coefficient (Wildman–Crippen LogP) is 4.02. The average Bonchev–Trinajstić information content (AvgIpc) is 3.49. The lowest BCUT2D eigenvalue weighted by molar-refractivity contribution is 0.0550. The largest absolute Gasteiger partial charge is 0.338 e. The summed E-state index contributed by atoms with van der Waals surface area (Å²) in [6.45, 7) is 3.46. The second-order valence-corrected chi connectivity index (χ2v) is 8.70. The van der Waals surface area contributed by atoms with E-state index in [9.17, 15) is 10.1 Å². The number of carbonyl (C=O) groups excluding carboxylic acids is 1. The number of nitrogens with zero attached hydrogens (tertiary/aromatic N) is 7. The molecule has 1 aliphatic heterocycles. The highest BCUT2D eigenvalue weighted by atomic mass is 16.2. The maximum absolute atomic E-state index is 13.7. The van der Waals surface area contributed by atoms with E-state index in [1.165, 1.54) is 0 Å². The van der Waals surface area contributed by atoms with E-state index >= 15 is 0 Å². The number of piperazine rings is 1. The summed E-state index contributed by atoms with van der Waals surface area (Å²) >= 11 is 0. The smallest absolute Gasteiger partial charge is 0.256 e. The number of aromatic nitrogens is 3. The SMILES string of the molecule is Cc1ccccc1N/C(=N/C#N)N1CCN(C(=O)c2ccc(-n3cccn3)nc2)C(c2ccccc2)C1. The Labute approximate surface area is 215 Å². The maximum atomic E-state index is 13.7. The van der Waals surface area contributed by atoms with Gasteiger partial charge in [-0.25, -0.2) is 9.67 Å². The molecule has 1 atom stereocenters. The van der Waals surface area contributed by atoms with Gasteiger partial charge in [-0.3, -0.25) is 4.79 Å². The first-order valence-electron chi connectivity index (χ1n) is 12.0. The molecule has 0 bridgehead atoms. The Morgan fingerprint density at radius 2 is 1.86 bits per heavy atom. The summed E-state index contributed by atoms with van der Waals surface area (Å²) in [7, 11) is 0. The first-order chi connectivity index (χ1) is 18.1. The Morgan fingerprint density at radius 3 is 2.57 bits per heavy atom. The number of anilines is 1. The molecule has 1 unspecified atom stereocenters. The first kappa shape index (κ1) is 23.8. The molecule has 2 aromatic carbocycles. The van der Waals surface area contributed by atoms with Crippen molar-refractivity contribution in [2.45, 2.75) is 13.0 Å². The molecule has 1 N–H and O–H groups in total. The molecule has 9 nitrogen and oxygen atoms in total. The highest BCUT2D eigenvalue weighted by molar-refractivity contribution is 5.96. The third kappa shape index (κ3) is 5.18. The third-order valence-corrected chi connectivity index (χ3v) is 6.41. The van der Waals surface area contributed by atoms with Gasteiger partial charge < -0.3 is 15.1 Å². The number of pyridine rings is 1. The minimum absolute atomic E-state index is 0.0985. The zero-order valence-corrected chi connectivity index (χ0v) is 20.4. The summed E-state index contributed by atoms with van der Waals surface area (Å²) in [5, 5.41) is 16.9. The van der Waals surface area contributed by atoms with Crippen LogP contribution >= 0.6 is 0 Å². The van der Waals surface area contributed by atoms with Crippen LogP contribution in [0, 0.1) is 18.4 Å². The summed E-state index contributed by atoms with van der Waals surface area (Å²) in [6, 6.07) is 22.9. The van der Waals surface area contributed by atoms with Crippen molar-refractivity contribution >= 4 is 17.6 Å². The van der Waals surface area contributed by atoms with Crippen molar-refractivity contribution in [3.8, 4) is 12.0 Å². The number of hydrogen-bond donors (Lipinski definition) is 1. The van der Waals surface area contributed by atoms with Gasteiger partial charge in [-0.15, -0.1) is 4.99 Å². The van der Waals surface area contributed by atoms with Gasteiger partial charge in [0.1, 0.15) is 0 Å². The Kier molecular flexibility index (Phi) is 6.90. The lowest BCUT2D eigenvalue weighted by atomic mass is 10.0. The van der Waals surface area contributed by atoms with Gasteiger partial charge in [0.15, 0.2) is 5.82 Å². The Bertz CT molecular complexity index is 1430. The van der Waals surface area contributed by atoms with Crippen LogP contribution in [0.15, 0.2) is 96.4 Å². The summed E-state index contributed by atoms with van der Waals surface area (Å²) in [5.74, 6) is 1.01. The number of amides is 1. The van der Waals surface area contributed by atoms with Crippen LogP contribution < -0.4 is 5.32 Å². The molecule has 0 spiro atoms. The van der Waals surface area contributed by atoms with E-state index in [2.05, 4.69) is 20.4 Å². The molecule has 1 fully saturated rings. The quantitative estimate of drug-likeness (QED) is 0.263. The third-order valence-electron chi connectivity index (χ3n) is 6.41. The van der Waals surface area contributed by atoms with Gasteiger partial charge in [0.05, 0.1) is 11.6 Å². The Balaban J connectivity index is 1.41. The molecular weight excluding hydrogens is 464 g/mol. The molecule has 0 aliphatic carbocycles. The molecule has 37 heavy (non-hydrogen) atoms. The minimum atomic E-state index is -0.240. The number of carbonyl (C=O) groups is 1. The molecule has 5 rings (SSSR count). The van der Waals surface area contributed by atoms with E-state index in [0.29, 0.717) is 37.0 Å². The lowest BCUT2D eigenvalue weighted by Gasteiger charge is -2.42. The van der Waals surface area contributed by atoms with Crippen LogP contribution in [0.3, 0.4) is 0 Å². The zero-order valence-electron chi connectivity index (χ0n) is 20.4. The molecular formula is C28H26N8O. The van der Waals surface area contributed by atoms with Gasteiger partial charge in [0.2, 0.25) is 12.2 Å². The first-order valence-corrected chi connectivity index (χ1v) is 12.0.